The van der Waals surface area contributed by atoms with E-state index in [0.717, 1.165) is 25.0 Å². The van der Waals surface area contributed by atoms with Crippen molar-refractivity contribution >= 4 is 21.8 Å². The molecule has 0 unspecified atom stereocenters. The third kappa shape index (κ3) is 5.06. The Morgan fingerprint density at radius 3 is 2.69 bits per heavy atom. The highest BCUT2D eigenvalue weighted by atomic mass is 32.2. The van der Waals surface area contributed by atoms with Crippen molar-refractivity contribution in [1.29, 1.82) is 0 Å². The summed E-state index contributed by atoms with van der Waals surface area (Å²) >= 11 is 1.96. The molecule has 1 rings (SSSR count). The third-order valence-electron chi connectivity index (χ3n) is 2.85. The van der Waals surface area contributed by atoms with E-state index in [1.54, 1.807) is 0 Å². The van der Waals surface area contributed by atoms with Crippen molar-refractivity contribution in [3.63, 3.8) is 0 Å². The largest absolute Gasteiger partial charge is 0.212 e. The zero-order chi connectivity index (χ0) is 12.0. The van der Waals surface area contributed by atoms with Crippen LogP contribution in [0.25, 0.3) is 0 Å². The van der Waals surface area contributed by atoms with E-state index in [9.17, 15) is 8.42 Å². The number of nitrogens with one attached hydrogen (secondary N) is 1. The van der Waals surface area contributed by atoms with Crippen LogP contribution >= 0.6 is 11.8 Å². The second-order valence-corrected chi connectivity index (χ2v) is 7.83. The van der Waals surface area contributed by atoms with Gasteiger partial charge in [0.1, 0.15) is 0 Å². The van der Waals surface area contributed by atoms with E-state index in [0.29, 0.717) is 11.7 Å². The first-order chi connectivity index (χ1) is 7.57. The normalized spacial score (nSPS) is 26.9. The summed E-state index contributed by atoms with van der Waals surface area (Å²) in [6, 6.07) is 0.175. The molecule has 0 spiro atoms. The first-order valence-corrected chi connectivity index (χ1v) is 8.89. The average Bonchev–Trinajstić information content (AvgIpc) is 2.17. The molecule has 0 aromatic rings. The molecule has 0 saturated heterocycles. The van der Waals surface area contributed by atoms with Gasteiger partial charge in [0.15, 0.2) is 0 Å². The molecule has 5 heteroatoms. The Bertz CT molecular complexity index is 288. The van der Waals surface area contributed by atoms with Crippen molar-refractivity contribution < 1.29 is 8.42 Å². The molecule has 96 valence electrons. The fraction of sp³-hybridized carbons (Fsp3) is 1.00. The van der Waals surface area contributed by atoms with Crippen molar-refractivity contribution in [2.24, 2.45) is 0 Å². The summed E-state index contributed by atoms with van der Waals surface area (Å²) in [6.07, 6.45) is 5.09. The maximum absolute atomic E-state index is 11.6. The van der Waals surface area contributed by atoms with E-state index in [-0.39, 0.29) is 11.8 Å². The topological polar surface area (TPSA) is 46.2 Å². The van der Waals surface area contributed by atoms with E-state index in [1.165, 1.54) is 6.42 Å². The molecular formula is C11H23NO2S2. The fourth-order valence-electron chi connectivity index (χ4n) is 2.22. The second kappa shape index (κ2) is 6.87. The Kier molecular flexibility index (Phi) is 6.15. The Balaban J connectivity index is 2.42. The van der Waals surface area contributed by atoms with Gasteiger partial charge >= 0.3 is 0 Å². The van der Waals surface area contributed by atoms with E-state index >= 15 is 0 Å². The molecule has 1 N–H and O–H groups in total. The smallest absolute Gasteiger partial charge is 0.211 e. The maximum Gasteiger partial charge on any atom is 0.211 e. The van der Waals surface area contributed by atoms with Crippen LogP contribution in [0, 0.1) is 0 Å². The summed E-state index contributed by atoms with van der Waals surface area (Å²) in [5.41, 5.74) is 0. The molecule has 2 atom stereocenters. The van der Waals surface area contributed by atoms with Crippen molar-refractivity contribution in [3.8, 4) is 0 Å². The minimum Gasteiger partial charge on any atom is -0.212 e. The lowest BCUT2D eigenvalue weighted by Crippen LogP contribution is -2.40. The van der Waals surface area contributed by atoms with Gasteiger partial charge in [-0.25, -0.2) is 13.1 Å². The molecule has 0 aromatic carbocycles. The lowest BCUT2D eigenvalue weighted by molar-refractivity contribution is 0.420. The predicted molar refractivity (Wildman–Crippen MR) is 71.4 cm³/mol. The molecular weight excluding hydrogens is 242 g/mol. The Hall–Kier alpha value is 0.260. The Morgan fingerprint density at radius 2 is 2.06 bits per heavy atom. The predicted octanol–water partition coefficient (Wildman–Crippen LogP) is 2.38. The molecule has 1 aliphatic carbocycles. The zero-order valence-electron chi connectivity index (χ0n) is 10.2. The van der Waals surface area contributed by atoms with Crippen LogP contribution < -0.4 is 4.72 Å². The summed E-state index contributed by atoms with van der Waals surface area (Å²) in [5, 5.41) is 0.646. The molecule has 0 radical (unpaired) electrons. The maximum atomic E-state index is 11.6. The van der Waals surface area contributed by atoms with Crippen LogP contribution in [-0.4, -0.2) is 31.2 Å². The molecule has 0 amide bonds. The van der Waals surface area contributed by atoms with Crippen LogP contribution in [0.2, 0.25) is 0 Å². The fourth-order valence-corrected chi connectivity index (χ4v) is 4.77. The third-order valence-corrected chi connectivity index (χ3v) is 5.72. The summed E-state index contributed by atoms with van der Waals surface area (Å²) in [4.78, 5) is 0. The lowest BCUT2D eigenvalue weighted by Gasteiger charge is -2.28. The molecule has 16 heavy (non-hydrogen) atoms. The van der Waals surface area contributed by atoms with Gasteiger partial charge in [0.25, 0.3) is 0 Å². The standard InChI is InChI=1S/C11H23NO2S2/c1-3-8-16(13,14)12-10-6-5-7-11(9-10)15-4-2/h10-12H,3-9H2,1-2H3/t10-,11-/m1/s1. The average molecular weight is 265 g/mol. The van der Waals surface area contributed by atoms with Crippen molar-refractivity contribution in [2.45, 2.75) is 57.2 Å². The Labute approximate surface area is 104 Å². The van der Waals surface area contributed by atoms with Crippen molar-refractivity contribution in [2.75, 3.05) is 11.5 Å². The quantitative estimate of drug-likeness (QED) is 0.802. The highest BCUT2D eigenvalue weighted by molar-refractivity contribution is 7.99. The van der Waals surface area contributed by atoms with Gasteiger partial charge in [-0.05, 0) is 31.4 Å². The van der Waals surface area contributed by atoms with Crippen LogP contribution in [0.15, 0.2) is 0 Å². The minimum absolute atomic E-state index is 0.175. The first kappa shape index (κ1) is 14.3. The number of hydrogen-bond acceptors (Lipinski definition) is 3. The van der Waals surface area contributed by atoms with Gasteiger partial charge in [0.2, 0.25) is 10.0 Å². The summed E-state index contributed by atoms with van der Waals surface area (Å²) in [6.45, 7) is 4.06. The van der Waals surface area contributed by atoms with Crippen LogP contribution in [0.4, 0.5) is 0 Å². The second-order valence-electron chi connectivity index (χ2n) is 4.38. The molecule has 0 aliphatic heterocycles. The van der Waals surface area contributed by atoms with Crippen LogP contribution in [0.5, 0.6) is 0 Å². The number of rotatable bonds is 6. The summed E-state index contributed by atoms with van der Waals surface area (Å²) < 4.78 is 26.1. The molecule has 3 nitrogen and oxygen atoms in total. The van der Waals surface area contributed by atoms with Gasteiger partial charge < -0.3 is 0 Å². The van der Waals surface area contributed by atoms with Crippen molar-refractivity contribution in [3.05, 3.63) is 0 Å². The molecule has 1 saturated carbocycles. The first-order valence-electron chi connectivity index (χ1n) is 6.19. The van der Waals surface area contributed by atoms with Crippen LogP contribution in [0.3, 0.4) is 0 Å². The SMILES string of the molecule is CCCS(=O)(=O)N[C@@H]1CCC[C@@H](SCC)C1. The summed E-state index contributed by atoms with van der Waals surface area (Å²) in [7, 11) is -3.03. The van der Waals surface area contributed by atoms with Gasteiger partial charge in [-0.3, -0.25) is 0 Å². The van der Waals surface area contributed by atoms with E-state index in [4.69, 9.17) is 0 Å². The van der Waals surface area contributed by atoms with Crippen molar-refractivity contribution in [1.82, 2.24) is 4.72 Å². The Morgan fingerprint density at radius 1 is 1.31 bits per heavy atom. The summed E-state index contributed by atoms with van der Waals surface area (Å²) in [5.74, 6) is 1.38. The number of thioether (sulfide) groups is 1. The molecule has 0 aromatic heterocycles. The molecule has 1 fully saturated rings. The number of sulfonamides is 1. The van der Waals surface area contributed by atoms with Gasteiger partial charge in [-0.1, -0.05) is 20.3 Å². The van der Waals surface area contributed by atoms with Crippen LogP contribution in [0.1, 0.15) is 46.0 Å². The van der Waals surface area contributed by atoms with Gasteiger partial charge in [0, 0.05) is 11.3 Å². The van der Waals surface area contributed by atoms with Gasteiger partial charge in [0.05, 0.1) is 5.75 Å². The highest BCUT2D eigenvalue weighted by Crippen LogP contribution is 2.28. The van der Waals surface area contributed by atoms with E-state index in [2.05, 4.69) is 11.6 Å². The molecule has 1 aliphatic rings. The van der Waals surface area contributed by atoms with E-state index < -0.39 is 10.0 Å². The molecule has 0 bridgehead atoms. The molecule has 0 heterocycles. The monoisotopic (exact) mass is 265 g/mol. The van der Waals surface area contributed by atoms with Gasteiger partial charge in [-0.15, -0.1) is 0 Å². The zero-order valence-corrected chi connectivity index (χ0v) is 11.9. The highest BCUT2D eigenvalue weighted by Gasteiger charge is 2.24. The number of hydrogen-bond donors (Lipinski definition) is 1. The van der Waals surface area contributed by atoms with Gasteiger partial charge in [-0.2, -0.15) is 11.8 Å². The lowest BCUT2D eigenvalue weighted by atomic mass is 9.96. The van der Waals surface area contributed by atoms with Crippen LogP contribution in [-0.2, 0) is 10.0 Å². The van der Waals surface area contributed by atoms with E-state index in [1.807, 2.05) is 18.7 Å². The minimum atomic E-state index is -3.03.